The molecule has 2 N–H and O–H groups in total. The second-order valence-electron chi connectivity index (χ2n) is 5.90. The van der Waals surface area contributed by atoms with E-state index < -0.39 is 0 Å². The van der Waals surface area contributed by atoms with E-state index in [0.29, 0.717) is 0 Å². The molecule has 2 unspecified atom stereocenters. The first-order chi connectivity index (χ1) is 8.38. The zero-order chi connectivity index (χ0) is 13.8. The van der Waals surface area contributed by atoms with Gasteiger partial charge >= 0.3 is 0 Å². The van der Waals surface area contributed by atoms with Crippen molar-refractivity contribution in [1.29, 1.82) is 0 Å². The second kappa shape index (κ2) is 6.30. The fourth-order valence-electron chi connectivity index (χ4n) is 2.30. The molecule has 0 amide bonds. The minimum absolute atomic E-state index is 0.0324. The zero-order valence-electron chi connectivity index (χ0n) is 12.2. The summed E-state index contributed by atoms with van der Waals surface area (Å²) >= 11 is 0. The topological polar surface area (TPSA) is 48.1 Å². The first-order valence-electron chi connectivity index (χ1n) is 6.60. The monoisotopic (exact) mass is 250 g/mol. The Hall–Kier alpha value is -0.930. The summed E-state index contributed by atoms with van der Waals surface area (Å²) in [6, 6.07) is 4.15. The number of ether oxygens (including phenoxy) is 1. The highest BCUT2D eigenvalue weighted by Crippen LogP contribution is 2.25. The lowest BCUT2D eigenvalue weighted by Gasteiger charge is -2.33. The molecule has 1 rings (SSSR count). The fraction of sp³-hybridized carbons (Fsp3) is 0.667. The molecule has 0 aliphatic carbocycles. The molecule has 0 fully saturated rings. The van der Waals surface area contributed by atoms with E-state index in [1.165, 1.54) is 5.56 Å². The third-order valence-electron chi connectivity index (χ3n) is 3.24. The van der Waals surface area contributed by atoms with Crippen molar-refractivity contribution in [3.63, 3.8) is 0 Å². The van der Waals surface area contributed by atoms with Gasteiger partial charge in [0.2, 0.25) is 0 Å². The fourth-order valence-corrected chi connectivity index (χ4v) is 2.30. The highest BCUT2D eigenvalue weighted by Gasteiger charge is 2.30. The molecular formula is C15H26N2O. The molecular weight excluding hydrogens is 224 g/mol. The minimum atomic E-state index is -0.0324. The summed E-state index contributed by atoms with van der Waals surface area (Å²) < 4.78 is 5.54. The summed E-state index contributed by atoms with van der Waals surface area (Å²) in [7, 11) is 1.73. The predicted molar refractivity (Wildman–Crippen MR) is 75.5 cm³/mol. The molecule has 3 nitrogen and oxygen atoms in total. The summed E-state index contributed by atoms with van der Waals surface area (Å²) in [5.41, 5.74) is 8.58. The number of nitrogens with two attached hydrogens (primary N) is 1. The molecule has 18 heavy (non-hydrogen) atoms. The lowest BCUT2D eigenvalue weighted by molar-refractivity contribution is -0.00184. The Kier molecular flexibility index (Phi) is 5.29. The lowest BCUT2D eigenvalue weighted by Crippen LogP contribution is -2.46. The van der Waals surface area contributed by atoms with Crippen molar-refractivity contribution < 1.29 is 4.74 Å². The first-order valence-corrected chi connectivity index (χ1v) is 6.60. The summed E-state index contributed by atoms with van der Waals surface area (Å²) in [6.07, 6.45) is 3.73. The third kappa shape index (κ3) is 4.07. The van der Waals surface area contributed by atoms with Gasteiger partial charge in [0, 0.05) is 31.5 Å². The van der Waals surface area contributed by atoms with Gasteiger partial charge in [-0.2, -0.15) is 0 Å². The highest BCUT2D eigenvalue weighted by atomic mass is 16.5. The lowest BCUT2D eigenvalue weighted by atomic mass is 9.83. The summed E-state index contributed by atoms with van der Waals surface area (Å²) in [4.78, 5) is 4.45. The van der Waals surface area contributed by atoms with E-state index >= 15 is 0 Å². The van der Waals surface area contributed by atoms with Crippen LogP contribution in [-0.2, 0) is 17.6 Å². The minimum Gasteiger partial charge on any atom is -0.379 e. The van der Waals surface area contributed by atoms with Crippen LogP contribution in [0.5, 0.6) is 0 Å². The molecule has 3 heteroatoms. The molecule has 0 bridgehead atoms. The number of aromatic nitrogens is 1. The maximum absolute atomic E-state index is 6.25. The van der Waals surface area contributed by atoms with Crippen LogP contribution in [0.2, 0.25) is 0 Å². The average molecular weight is 250 g/mol. The van der Waals surface area contributed by atoms with Crippen LogP contribution in [-0.4, -0.2) is 24.2 Å². The number of aryl methyl sites for hydroxylation is 1. The van der Waals surface area contributed by atoms with Crippen molar-refractivity contribution in [3.8, 4) is 0 Å². The van der Waals surface area contributed by atoms with E-state index in [1.807, 2.05) is 6.20 Å². The SMILES string of the molecule is CCc1ccc(CC(N)C(OC)C(C)(C)C)nc1. The van der Waals surface area contributed by atoms with Gasteiger partial charge in [0.05, 0.1) is 6.10 Å². The van der Waals surface area contributed by atoms with Crippen LogP contribution in [0.4, 0.5) is 0 Å². The van der Waals surface area contributed by atoms with Gasteiger partial charge < -0.3 is 10.5 Å². The standard InChI is InChI=1S/C15H26N2O/c1-6-11-7-8-12(17-10-11)9-13(16)14(18-5)15(2,3)4/h7-8,10,13-14H,6,9,16H2,1-5H3. The van der Waals surface area contributed by atoms with Crippen molar-refractivity contribution in [2.45, 2.75) is 52.7 Å². The van der Waals surface area contributed by atoms with Crippen LogP contribution in [0, 0.1) is 5.41 Å². The molecule has 0 saturated carbocycles. The third-order valence-corrected chi connectivity index (χ3v) is 3.24. The second-order valence-corrected chi connectivity index (χ2v) is 5.90. The Bertz CT molecular complexity index is 354. The van der Waals surface area contributed by atoms with Gasteiger partial charge in [0.15, 0.2) is 0 Å². The maximum Gasteiger partial charge on any atom is 0.0774 e. The molecule has 0 aliphatic rings. The molecule has 0 spiro atoms. The molecule has 1 heterocycles. The molecule has 102 valence electrons. The zero-order valence-corrected chi connectivity index (χ0v) is 12.2. The first kappa shape index (κ1) is 15.1. The van der Waals surface area contributed by atoms with Crippen LogP contribution in [0.15, 0.2) is 18.3 Å². The van der Waals surface area contributed by atoms with Gasteiger partial charge in [0.25, 0.3) is 0 Å². The van der Waals surface area contributed by atoms with Gasteiger partial charge in [-0.25, -0.2) is 0 Å². The van der Waals surface area contributed by atoms with Gasteiger partial charge in [0.1, 0.15) is 0 Å². The molecule has 0 saturated heterocycles. The van der Waals surface area contributed by atoms with E-state index in [-0.39, 0.29) is 17.6 Å². The largest absolute Gasteiger partial charge is 0.379 e. The summed E-state index contributed by atoms with van der Waals surface area (Å²) in [5, 5.41) is 0. The van der Waals surface area contributed by atoms with Crippen LogP contribution < -0.4 is 5.73 Å². The smallest absolute Gasteiger partial charge is 0.0774 e. The number of methoxy groups -OCH3 is 1. The van der Waals surface area contributed by atoms with Gasteiger partial charge in [-0.05, 0) is 23.5 Å². The number of rotatable bonds is 5. The Labute approximate surface area is 111 Å². The molecule has 2 atom stereocenters. The highest BCUT2D eigenvalue weighted by molar-refractivity contribution is 5.15. The Balaban J connectivity index is 2.70. The Morgan fingerprint density at radius 1 is 1.33 bits per heavy atom. The van der Waals surface area contributed by atoms with Gasteiger partial charge in [-0.1, -0.05) is 33.8 Å². The van der Waals surface area contributed by atoms with Gasteiger partial charge in [-0.15, -0.1) is 0 Å². The van der Waals surface area contributed by atoms with Crippen molar-refractivity contribution in [2.24, 2.45) is 11.1 Å². The Morgan fingerprint density at radius 3 is 2.39 bits per heavy atom. The van der Waals surface area contributed by atoms with Crippen molar-refractivity contribution in [3.05, 3.63) is 29.6 Å². The average Bonchev–Trinajstić information content (AvgIpc) is 2.29. The quantitative estimate of drug-likeness (QED) is 0.873. The van der Waals surface area contributed by atoms with Crippen molar-refractivity contribution in [2.75, 3.05) is 7.11 Å². The Morgan fingerprint density at radius 2 is 2.00 bits per heavy atom. The van der Waals surface area contributed by atoms with E-state index in [2.05, 4.69) is 44.8 Å². The number of hydrogen-bond acceptors (Lipinski definition) is 3. The maximum atomic E-state index is 6.25. The number of hydrogen-bond donors (Lipinski definition) is 1. The molecule has 1 aromatic rings. The molecule has 0 aromatic carbocycles. The molecule has 0 aliphatic heterocycles. The number of nitrogens with zero attached hydrogens (tertiary/aromatic N) is 1. The normalized spacial score (nSPS) is 15.4. The molecule has 0 radical (unpaired) electrons. The van der Waals surface area contributed by atoms with Crippen LogP contribution in [0.25, 0.3) is 0 Å². The summed E-state index contributed by atoms with van der Waals surface area (Å²) in [6.45, 7) is 8.57. The van der Waals surface area contributed by atoms with Crippen LogP contribution >= 0.6 is 0 Å². The number of pyridine rings is 1. The van der Waals surface area contributed by atoms with E-state index in [1.54, 1.807) is 7.11 Å². The van der Waals surface area contributed by atoms with Crippen LogP contribution in [0.3, 0.4) is 0 Å². The van der Waals surface area contributed by atoms with Crippen molar-refractivity contribution in [1.82, 2.24) is 4.98 Å². The predicted octanol–water partition coefficient (Wildman–Crippen LogP) is 2.57. The van der Waals surface area contributed by atoms with E-state index in [0.717, 1.165) is 18.5 Å². The van der Waals surface area contributed by atoms with Crippen LogP contribution in [0.1, 0.15) is 39.0 Å². The van der Waals surface area contributed by atoms with Crippen molar-refractivity contribution >= 4 is 0 Å². The van der Waals surface area contributed by atoms with E-state index in [9.17, 15) is 0 Å². The van der Waals surface area contributed by atoms with E-state index in [4.69, 9.17) is 10.5 Å². The molecule has 1 aromatic heterocycles. The summed E-state index contributed by atoms with van der Waals surface area (Å²) in [5.74, 6) is 0. The van der Waals surface area contributed by atoms with Gasteiger partial charge in [-0.3, -0.25) is 4.98 Å².